The molecule has 0 aliphatic carbocycles. The molecule has 0 atom stereocenters. The smallest absolute Gasteiger partial charge is 0.330 e. The topological polar surface area (TPSA) is 35.5 Å². The van der Waals surface area contributed by atoms with Crippen LogP contribution in [0.5, 0.6) is 0 Å². The summed E-state index contributed by atoms with van der Waals surface area (Å²) in [6.45, 7) is 11.4. The molecule has 0 aliphatic rings. The lowest BCUT2D eigenvalue weighted by molar-refractivity contribution is -0.137. The lowest BCUT2D eigenvalue weighted by Gasteiger charge is -2.05. The van der Waals surface area contributed by atoms with Crippen LogP contribution in [0.15, 0.2) is 37.6 Å². The molecule has 0 aromatic heterocycles. The van der Waals surface area contributed by atoms with Gasteiger partial charge in [0.25, 0.3) is 0 Å². The van der Waals surface area contributed by atoms with Gasteiger partial charge in [-0.25, -0.2) is 4.79 Å². The van der Waals surface area contributed by atoms with E-state index < -0.39 is 0 Å². The molecule has 78 valence electrons. The Morgan fingerprint density at radius 1 is 1.07 bits per heavy atom. The summed E-state index contributed by atoms with van der Waals surface area (Å²) in [5, 5.41) is 0. The van der Waals surface area contributed by atoms with Gasteiger partial charge in [-0.1, -0.05) is 19.7 Å². The van der Waals surface area contributed by atoms with Gasteiger partial charge >= 0.3 is 5.97 Å². The maximum atomic E-state index is 10.6. The predicted molar refractivity (Wildman–Crippen MR) is 55.7 cm³/mol. The fourth-order valence-electron chi connectivity index (χ4n) is 0.698. The summed E-state index contributed by atoms with van der Waals surface area (Å²) < 4.78 is 9.92. The van der Waals surface area contributed by atoms with E-state index in [-0.39, 0.29) is 5.97 Å². The number of rotatable bonds is 8. The first-order valence-corrected chi connectivity index (χ1v) is 4.44. The number of ether oxygens (including phenoxy) is 2. The highest BCUT2D eigenvalue weighted by atomic mass is 16.5. The Labute approximate surface area is 84.7 Å². The quantitative estimate of drug-likeness (QED) is 0.196. The second kappa shape index (κ2) is 8.10. The van der Waals surface area contributed by atoms with E-state index in [2.05, 4.69) is 19.7 Å². The van der Waals surface area contributed by atoms with Crippen molar-refractivity contribution in [3.8, 4) is 0 Å². The van der Waals surface area contributed by atoms with Crippen LogP contribution in [-0.2, 0) is 14.3 Å². The predicted octanol–water partition coefficient (Wildman–Crippen LogP) is 2.21. The van der Waals surface area contributed by atoms with Crippen molar-refractivity contribution in [2.75, 3.05) is 13.2 Å². The second-order valence-electron chi connectivity index (χ2n) is 2.60. The average Bonchev–Trinajstić information content (AvgIpc) is 2.22. The highest BCUT2D eigenvalue weighted by Crippen LogP contribution is 1.98. The van der Waals surface area contributed by atoms with Gasteiger partial charge in [0.2, 0.25) is 0 Å². The van der Waals surface area contributed by atoms with E-state index in [0.717, 1.165) is 18.9 Å². The Balaban J connectivity index is 3.21. The van der Waals surface area contributed by atoms with Crippen molar-refractivity contribution in [2.24, 2.45) is 0 Å². The van der Waals surface area contributed by atoms with Crippen LogP contribution in [0.25, 0.3) is 0 Å². The Hall–Kier alpha value is -1.51. The zero-order valence-corrected chi connectivity index (χ0v) is 8.33. The zero-order chi connectivity index (χ0) is 10.8. The maximum Gasteiger partial charge on any atom is 0.330 e. The number of unbranched alkanes of at least 4 members (excludes halogenated alkanes) is 1. The third-order valence-electron chi connectivity index (χ3n) is 1.46. The average molecular weight is 196 g/mol. The summed E-state index contributed by atoms with van der Waals surface area (Å²) in [5.74, 6) is 0.175. The van der Waals surface area contributed by atoms with Crippen molar-refractivity contribution in [1.29, 1.82) is 0 Å². The minimum atomic E-state index is -0.388. The van der Waals surface area contributed by atoms with E-state index in [1.54, 1.807) is 6.08 Å². The third-order valence-corrected chi connectivity index (χ3v) is 1.46. The molecular formula is C11H16O3. The van der Waals surface area contributed by atoms with Gasteiger partial charge in [0.1, 0.15) is 5.76 Å². The number of hydrogen-bond acceptors (Lipinski definition) is 3. The van der Waals surface area contributed by atoms with Crippen molar-refractivity contribution in [3.63, 3.8) is 0 Å². The molecule has 0 rings (SSSR count). The molecule has 0 spiro atoms. The zero-order valence-electron chi connectivity index (χ0n) is 8.33. The molecule has 0 unspecified atom stereocenters. The molecule has 0 saturated carbocycles. The Kier molecular flexibility index (Phi) is 7.23. The number of carbonyl (C=O) groups is 1. The molecule has 0 fully saturated rings. The van der Waals surface area contributed by atoms with E-state index in [4.69, 9.17) is 9.47 Å². The van der Waals surface area contributed by atoms with Crippen molar-refractivity contribution in [2.45, 2.75) is 12.8 Å². The lowest BCUT2D eigenvalue weighted by Crippen LogP contribution is -2.03. The molecule has 0 amide bonds. The highest BCUT2D eigenvalue weighted by Gasteiger charge is 1.95. The molecule has 0 radical (unpaired) electrons. The van der Waals surface area contributed by atoms with E-state index in [1.807, 2.05) is 0 Å². The summed E-state index contributed by atoms with van der Waals surface area (Å²) in [6.07, 6.45) is 4.29. The summed E-state index contributed by atoms with van der Waals surface area (Å²) in [6, 6.07) is 0. The van der Waals surface area contributed by atoms with Crippen LogP contribution in [0.3, 0.4) is 0 Å². The van der Waals surface area contributed by atoms with E-state index in [1.165, 1.54) is 0 Å². The standard InChI is InChI=1S/C11H16O3/c1-4-10(3)13-8-6-7-9-14-11(12)5-2/h4-5H,1-3,6-9H2. The molecule has 14 heavy (non-hydrogen) atoms. The van der Waals surface area contributed by atoms with Gasteiger partial charge in [-0.15, -0.1) is 0 Å². The van der Waals surface area contributed by atoms with Crippen molar-refractivity contribution < 1.29 is 14.3 Å². The van der Waals surface area contributed by atoms with Crippen LogP contribution in [0.2, 0.25) is 0 Å². The normalized spacial score (nSPS) is 8.86. The largest absolute Gasteiger partial charge is 0.494 e. The molecule has 0 bridgehead atoms. The van der Waals surface area contributed by atoms with Crippen LogP contribution in [0, 0.1) is 0 Å². The molecule has 0 aromatic rings. The Morgan fingerprint density at radius 2 is 1.64 bits per heavy atom. The monoisotopic (exact) mass is 196 g/mol. The van der Waals surface area contributed by atoms with Gasteiger partial charge < -0.3 is 9.47 Å². The SMILES string of the molecule is C=CC(=C)OCCCCOC(=O)C=C. The third kappa shape index (κ3) is 7.16. The lowest BCUT2D eigenvalue weighted by atomic mass is 10.3. The Bertz CT molecular complexity index is 195. The van der Waals surface area contributed by atoms with E-state index in [9.17, 15) is 4.79 Å². The van der Waals surface area contributed by atoms with Crippen molar-refractivity contribution >= 4 is 5.97 Å². The molecule has 3 nitrogen and oxygen atoms in total. The molecule has 0 heterocycles. The summed E-state index contributed by atoms with van der Waals surface area (Å²) in [5.41, 5.74) is 0. The minimum Gasteiger partial charge on any atom is -0.494 e. The molecule has 0 aliphatic heterocycles. The number of esters is 1. The number of allylic oxidation sites excluding steroid dienone is 1. The first-order valence-electron chi connectivity index (χ1n) is 4.44. The van der Waals surface area contributed by atoms with Gasteiger partial charge in [0.15, 0.2) is 0 Å². The van der Waals surface area contributed by atoms with Gasteiger partial charge in [-0.05, 0) is 18.9 Å². The minimum absolute atomic E-state index is 0.388. The molecule has 0 aromatic carbocycles. The van der Waals surface area contributed by atoms with Gasteiger partial charge in [0, 0.05) is 6.08 Å². The van der Waals surface area contributed by atoms with Gasteiger partial charge in [-0.3, -0.25) is 0 Å². The second-order valence-corrected chi connectivity index (χ2v) is 2.60. The molecule has 3 heteroatoms. The molecular weight excluding hydrogens is 180 g/mol. The Morgan fingerprint density at radius 3 is 2.14 bits per heavy atom. The first kappa shape index (κ1) is 12.5. The highest BCUT2D eigenvalue weighted by molar-refractivity contribution is 5.81. The summed E-state index contributed by atoms with van der Waals surface area (Å²) in [7, 11) is 0. The fourth-order valence-corrected chi connectivity index (χ4v) is 0.698. The van der Waals surface area contributed by atoms with Crippen LogP contribution < -0.4 is 0 Å². The van der Waals surface area contributed by atoms with Crippen LogP contribution in [-0.4, -0.2) is 19.2 Å². The maximum absolute atomic E-state index is 10.6. The fraction of sp³-hybridized carbons (Fsp3) is 0.364. The first-order chi connectivity index (χ1) is 6.70. The molecule has 0 N–H and O–H groups in total. The van der Waals surface area contributed by atoms with Gasteiger partial charge in [0.05, 0.1) is 13.2 Å². The molecule has 0 saturated heterocycles. The van der Waals surface area contributed by atoms with Crippen LogP contribution in [0.1, 0.15) is 12.8 Å². The van der Waals surface area contributed by atoms with E-state index >= 15 is 0 Å². The summed E-state index contributed by atoms with van der Waals surface area (Å²) >= 11 is 0. The number of hydrogen-bond donors (Lipinski definition) is 0. The van der Waals surface area contributed by atoms with Crippen LogP contribution >= 0.6 is 0 Å². The van der Waals surface area contributed by atoms with E-state index in [0.29, 0.717) is 19.0 Å². The number of carbonyl (C=O) groups excluding carboxylic acids is 1. The van der Waals surface area contributed by atoms with Gasteiger partial charge in [-0.2, -0.15) is 0 Å². The van der Waals surface area contributed by atoms with Crippen molar-refractivity contribution in [3.05, 3.63) is 37.6 Å². The van der Waals surface area contributed by atoms with Crippen LogP contribution in [0.4, 0.5) is 0 Å². The van der Waals surface area contributed by atoms with Crippen molar-refractivity contribution in [1.82, 2.24) is 0 Å². The summed E-state index contributed by atoms with van der Waals surface area (Å²) in [4.78, 5) is 10.6.